The first kappa shape index (κ1) is 24.8. The van der Waals surface area contributed by atoms with Crippen LogP contribution in [0.3, 0.4) is 0 Å². The summed E-state index contributed by atoms with van der Waals surface area (Å²) in [6, 6.07) is 10.4. The largest absolute Gasteiger partial charge is 0.338 e. The molecule has 13 heteroatoms. The lowest BCUT2D eigenvalue weighted by atomic mass is 10.1. The van der Waals surface area contributed by atoms with Crippen LogP contribution in [0.5, 0.6) is 0 Å². The van der Waals surface area contributed by atoms with Gasteiger partial charge >= 0.3 is 5.69 Å². The van der Waals surface area contributed by atoms with Crippen molar-refractivity contribution in [1.29, 1.82) is 0 Å². The minimum absolute atomic E-state index is 0.00280. The van der Waals surface area contributed by atoms with Crippen molar-refractivity contribution in [3.8, 4) is 5.69 Å². The van der Waals surface area contributed by atoms with E-state index in [-0.39, 0.29) is 33.7 Å². The van der Waals surface area contributed by atoms with E-state index in [2.05, 4.69) is 10.3 Å². The summed E-state index contributed by atoms with van der Waals surface area (Å²) in [5, 5.41) is 7.90. The predicted molar refractivity (Wildman–Crippen MR) is 139 cm³/mol. The van der Waals surface area contributed by atoms with E-state index < -0.39 is 38.4 Å². The smallest absolute Gasteiger partial charge is 0.333 e. The second-order valence-corrected chi connectivity index (χ2v) is 10.7. The van der Waals surface area contributed by atoms with Gasteiger partial charge in [0.15, 0.2) is 0 Å². The molecule has 2 heterocycles. The highest BCUT2D eigenvalue weighted by Crippen LogP contribution is 2.27. The number of H-pyrrole nitrogens is 1. The number of halogens is 2. The summed E-state index contributed by atoms with van der Waals surface area (Å²) in [5.41, 5.74) is -1.51. The average molecular weight is 611 g/mol. The molecule has 0 saturated heterocycles. The lowest BCUT2D eigenvalue weighted by Crippen LogP contribution is -2.34. The molecule has 0 unspecified atom stereocenters. The summed E-state index contributed by atoms with van der Waals surface area (Å²) < 4.78 is 40.6. The van der Waals surface area contributed by atoms with E-state index in [4.69, 9.17) is 5.14 Å². The number of nitrogens with two attached hydrogens (primary N) is 1. The van der Waals surface area contributed by atoms with Gasteiger partial charge in [-0.05, 0) is 65.4 Å². The Kier molecular flexibility index (Phi) is 6.42. The fourth-order valence-corrected chi connectivity index (χ4v) is 4.96. The topological polar surface area (TPSA) is 149 Å². The highest BCUT2D eigenvalue weighted by atomic mass is 127. The zero-order chi connectivity index (χ0) is 25.7. The maximum Gasteiger partial charge on any atom is 0.333 e. The van der Waals surface area contributed by atoms with E-state index in [1.54, 1.807) is 6.07 Å². The zero-order valence-corrected chi connectivity index (χ0v) is 21.4. The maximum absolute atomic E-state index is 14.6. The normalized spacial score (nSPS) is 11.7. The van der Waals surface area contributed by atoms with E-state index >= 15 is 0 Å². The molecule has 4 N–H and O–H groups in total. The van der Waals surface area contributed by atoms with E-state index in [9.17, 15) is 27.2 Å². The summed E-state index contributed by atoms with van der Waals surface area (Å²) >= 11 is 1.95. The first-order valence-corrected chi connectivity index (χ1v) is 12.9. The summed E-state index contributed by atoms with van der Waals surface area (Å²) in [6.45, 7) is 1.46. The van der Waals surface area contributed by atoms with Gasteiger partial charge < -0.3 is 5.32 Å². The molecule has 4 rings (SSSR count). The Balaban J connectivity index is 2.07. The number of aromatic amines is 1. The summed E-state index contributed by atoms with van der Waals surface area (Å²) in [4.78, 5) is 41.3. The number of primary sulfonamides is 1. The number of rotatable bonds is 5. The molecule has 2 aromatic heterocycles. The van der Waals surface area contributed by atoms with Crippen LogP contribution in [0.15, 0.2) is 56.8 Å². The molecule has 35 heavy (non-hydrogen) atoms. The summed E-state index contributed by atoms with van der Waals surface area (Å²) in [7, 11) is -2.43. The van der Waals surface area contributed by atoms with Gasteiger partial charge in [-0.15, -0.1) is 0 Å². The highest BCUT2D eigenvalue weighted by molar-refractivity contribution is 14.1. The number of aromatic nitrogens is 3. The Morgan fingerprint density at radius 2 is 1.86 bits per heavy atom. The Hall–Kier alpha value is -3.30. The quantitative estimate of drug-likeness (QED) is 0.294. The number of hydrogen-bond acceptors (Lipinski definition) is 6. The molecule has 0 bridgehead atoms. The second-order valence-electron chi connectivity index (χ2n) is 7.88. The van der Waals surface area contributed by atoms with Gasteiger partial charge in [0.05, 0.1) is 22.6 Å². The molecule has 0 amide bonds. The molecule has 182 valence electrons. The third-order valence-electron chi connectivity index (χ3n) is 5.38. The molecule has 0 saturated carbocycles. The molecule has 0 aliphatic carbocycles. The van der Waals surface area contributed by atoms with E-state index in [1.807, 2.05) is 22.6 Å². The van der Waals surface area contributed by atoms with Crippen molar-refractivity contribution in [3.63, 3.8) is 0 Å². The molecule has 4 aromatic rings. The number of anilines is 2. The SMILES string of the molecule is Cc1c(=O)n(C)c(Nc2ccc(I)cc2F)c2c(=O)[nH]c(=O)n(-c3cccc(CS(N)(=O)=O)c3)c12. The van der Waals surface area contributed by atoms with Crippen LogP contribution in [0.25, 0.3) is 16.6 Å². The molecule has 0 spiro atoms. The number of fused-ring (bicyclic) bond motifs is 1. The standard InChI is InChI=1S/C22H19FIN5O5S/c1-11-18-17(19(28(2)21(11)31)26-16-7-6-13(24)9-15(16)23)20(30)27-22(32)29(18)14-5-3-4-12(8-14)10-35(25,33)34/h3-9,26H,10H2,1-2H3,(H2,25,33,34)(H,27,30,32). The minimum Gasteiger partial charge on any atom is -0.338 e. The van der Waals surface area contributed by atoms with Crippen molar-refractivity contribution in [2.45, 2.75) is 12.7 Å². The number of benzene rings is 2. The van der Waals surface area contributed by atoms with Crippen LogP contribution >= 0.6 is 22.6 Å². The predicted octanol–water partition coefficient (Wildman–Crippen LogP) is 1.96. The number of pyridine rings is 1. The Morgan fingerprint density at radius 1 is 1.14 bits per heavy atom. The monoisotopic (exact) mass is 611 g/mol. The average Bonchev–Trinajstić information content (AvgIpc) is 2.75. The van der Waals surface area contributed by atoms with Gasteiger partial charge in [-0.25, -0.2) is 22.7 Å². The zero-order valence-electron chi connectivity index (χ0n) is 18.4. The Bertz CT molecular complexity index is 1790. The fourth-order valence-electron chi connectivity index (χ4n) is 3.86. The number of aryl methyl sites for hydroxylation is 1. The van der Waals surface area contributed by atoms with Crippen molar-refractivity contribution >= 4 is 55.0 Å². The molecule has 0 atom stereocenters. The molecular weight excluding hydrogens is 592 g/mol. The summed E-state index contributed by atoms with van der Waals surface area (Å²) in [6.07, 6.45) is 0. The van der Waals surface area contributed by atoms with Gasteiger partial charge in [0, 0.05) is 16.2 Å². The lowest BCUT2D eigenvalue weighted by Gasteiger charge is -2.19. The van der Waals surface area contributed by atoms with Crippen LogP contribution in [-0.4, -0.2) is 22.5 Å². The molecule has 2 aromatic carbocycles. The molecular formula is C22H19FIN5O5S. The molecule has 10 nitrogen and oxygen atoms in total. The van der Waals surface area contributed by atoms with Gasteiger partial charge in [0.1, 0.15) is 17.0 Å². The van der Waals surface area contributed by atoms with Gasteiger partial charge in [-0.3, -0.25) is 23.7 Å². The maximum atomic E-state index is 14.6. The number of nitrogens with one attached hydrogen (secondary N) is 2. The third-order valence-corrected chi connectivity index (χ3v) is 6.79. The summed E-state index contributed by atoms with van der Waals surface area (Å²) in [5.74, 6) is -1.10. The van der Waals surface area contributed by atoms with Gasteiger partial charge in [0.2, 0.25) is 10.0 Å². The minimum atomic E-state index is -3.85. The van der Waals surface area contributed by atoms with Crippen molar-refractivity contribution in [2.24, 2.45) is 12.2 Å². The highest BCUT2D eigenvalue weighted by Gasteiger charge is 2.21. The van der Waals surface area contributed by atoms with Crippen molar-refractivity contribution in [3.05, 3.63) is 94.2 Å². The number of sulfonamides is 1. The first-order chi connectivity index (χ1) is 16.4. The van der Waals surface area contributed by atoms with Crippen LogP contribution < -0.4 is 27.3 Å². The van der Waals surface area contributed by atoms with Crippen LogP contribution in [-0.2, 0) is 22.8 Å². The number of hydrogen-bond donors (Lipinski definition) is 3. The Labute approximate surface area is 211 Å². The van der Waals surface area contributed by atoms with Gasteiger partial charge in [-0.1, -0.05) is 12.1 Å². The third kappa shape index (κ3) is 4.78. The molecule has 0 radical (unpaired) electrons. The van der Waals surface area contributed by atoms with Crippen molar-refractivity contribution in [2.75, 3.05) is 5.32 Å². The lowest BCUT2D eigenvalue weighted by molar-refractivity contribution is 0.597. The Morgan fingerprint density at radius 3 is 2.51 bits per heavy atom. The fraction of sp³-hybridized carbons (Fsp3) is 0.136. The van der Waals surface area contributed by atoms with Gasteiger partial charge in [0.25, 0.3) is 11.1 Å². The van der Waals surface area contributed by atoms with Crippen LogP contribution in [0.4, 0.5) is 15.9 Å². The van der Waals surface area contributed by atoms with E-state index in [0.717, 1.165) is 9.13 Å². The van der Waals surface area contributed by atoms with E-state index in [1.165, 1.54) is 50.4 Å². The van der Waals surface area contributed by atoms with Crippen molar-refractivity contribution < 1.29 is 12.8 Å². The second kappa shape index (κ2) is 9.05. The van der Waals surface area contributed by atoms with Crippen LogP contribution in [0.2, 0.25) is 0 Å². The van der Waals surface area contributed by atoms with Crippen LogP contribution in [0, 0.1) is 16.3 Å². The molecule has 0 aliphatic heterocycles. The molecule has 0 fully saturated rings. The molecule has 0 aliphatic rings. The van der Waals surface area contributed by atoms with Gasteiger partial charge in [-0.2, -0.15) is 0 Å². The van der Waals surface area contributed by atoms with Crippen molar-refractivity contribution in [1.82, 2.24) is 14.1 Å². The first-order valence-electron chi connectivity index (χ1n) is 10.1. The van der Waals surface area contributed by atoms with E-state index in [0.29, 0.717) is 9.13 Å². The van der Waals surface area contributed by atoms with Crippen LogP contribution in [0.1, 0.15) is 11.1 Å². The number of nitrogens with zero attached hydrogens (tertiary/aromatic N) is 2.